The first-order valence-corrected chi connectivity index (χ1v) is 13.6. The van der Waals surface area contributed by atoms with Crippen LogP contribution in [0, 0.1) is 39.4 Å². The van der Waals surface area contributed by atoms with Crippen molar-refractivity contribution in [3.63, 3.8) is 0 Å². The van der Waals surface area contributed by atoms with Crippen molar-refractivity contribution < 1.29 is 20.1 Å². The van der Waals surface area contributed by atoms with Gasteiger partial charge in [0.2, 0.25) is 0 Å². The van der Waals surface area contributed by atoms with Crippen LogP contribution < -0.4 is 0 Å². The van der Waals surface area contributed by atoms with Gasteiger partial charge in [0, 0.05) is 0 Å². The van der Waals surface area contributed by atoms with Crippen LogP contribution in [0.2, 0.25) is 0 Å². The molecule has 192 valence electrons. The zero-order valence-corrected chi connectivity index (χ0v) is 22.6. The van der Waals surface area contributed by atoms with Gasteiger partial charge in [0.05, 0.1) is 17.6 Å². The molecule has 4 aliphatic rings. The molecule has 0 aliphatic heterocycles. The second-order valence-electron chi connectivity index (χ2n) is 14.1. The minimum atomic E-state index is -0.750. The molecule has 0 saturated heterocycles. The highest BCUT2D eigenvalue weighted by Crippen LogP contribution is 2.71. The third-order valence-corrected chi connectivity index (χ3v) is 11.4. The highest BCUT2D eigenvalue weighted by atomic mass is 16.4. The quantitative estimate of drug-likeness (QED) is 0.411. The summed E-state index contributed by atoms with van der Waals surface area (Å²) in [7, 11) is 0. The molecule has 34 heavy (non-hydrogen) atoms. The number of aliphatic hydroxyl groups is 2. The van der Waals surface area contributed by atoms with Crippen LogP contribution in [0.25, 0.3) is 0 Å². The van der Waals surface area contributed by atoms with Gasteiger partial charge in [0.1, 0.15) is 0 Å². The van der Waals surface area contributed by atoms with Crippen LogP contribution in [0.1, 0.15) is 106 Å². The Labute approximate surface area is 206 Å². The van der Waals surface area contributed by atoms with Gasteiger partial charge >= 0.3 is 5.97 Å². The summed E-state index contributed by atoms with van der Waals surface area (Å²) in [5.74, 6) is -0.461. The zero-order valence-electron chi connectivity index (χ0n) is 22.6. The maximum absolute atomic E-state index is 12.5. The standard InChI is InChI=1S/C30H48O4/c1-26(2,34)15-8-9-19(25(32)33)20-12-17-30(7)22-10-11-23-27(3,4)24(31)14-16-28(23,5)21(22)13-18-29(20,30)6/h10,13,19-20,23-24,31,34H,8-9,11-12,14-18H2,1-7H3,(H,32,33)/t19-,20?,23?,24+,28-,29-,30+/m1/s1. The lowest BCUT2D eigenvalue weighted by atomic mass is 9.44. The lowest BCUT2D eigenvalue weighted by molar-refractivity contribution is -0.146. The molecule has 0 bridgehead atoms. The lowest BCUT2D eigenvalue weighted by Crippen LogP contribution is -2.54. The summed E-state index contributed by atoms with van der Waals surface area (Å²) in [6.07, 6.45) is 12.5. The summed E-state index contributed by atoms with van der Waals surface area (Å²) in [6, 6.07) is 0. The second-order valence-corrected chi connectivity index (χ2v) is 14.1. The molecule has 4 rings (SSSR count). The van der Waals surface area contributed by atoms with E-state index in [1.54, 1.807) is 13.8 Å². The van der Waals surface area contributed by atoms with Crippen molar-refractivity contribution in [1.82, 2.24) is 0 Å². The van der Waals surface area contributed by atoms with Gasteiger partial charge in [0.25, 0.3) is 0 Å². The number of rotatable bonds is 6. The SMILES string of the molecule is CC(C)(O)CCC[C@@H](C(=O)O)C1CC[C@@]2(C)C3=CCC4C(C)(C)[C@@H](O)CC[C@]4(C)C3=CC[C@]12C. The Morgan fingerprint density at radius 3 is 2.38 bits per heavy atom. The molecule has 2 fully saturated rings. The fraction of sp³-hybridized carbons (Fsp3) is 0.833. The first-order valence-electron chi connectivity index (χ1n) is 13.6. The molecule has 0 aromatic carbocycles. The molecule has 3 N–H and O–H groups in total. The normalized spacial score (nSPS) is 42.1. The number of hydrogen-bond donors (Lipinski definition) is 3. The van der Waals surface area contributed by atoms with E-state index >= 15 is 0 Å². The largest absolute Gasteiger partial charge is 0.481 e. The van der Waals surface area contributed by atoms with Crippen molar-refractivity contribution in [3.8, 4) is 0 Å². The molecule has 0 aromatic heterocycles. The van der Waals surface area contributed by atoms with E-state index in [9.17, 15) is 20.1 Å². The molecule has 0 amide bonds. The predicted octanol–water partition coefficient (Wildman–Crippen LogP) is 6.51. The molecule has 4 nitrogen and oxygen atoms in total. The van der Waals surface area contributed by atoms with Gasteiger partial charge in [-0.1, -0.05) is 46.8 Å². The first-order chi connectivity index (χ1) is 15.6. The van der Waals surface area contributed by atoms with Gasteiger partial charge in [-0.15, -0.1) is 0 Å². The van der Waals surface area contributed by atoms with E-state index in [4.69, 9.17) is 0 Å². The number of carbonyl (C=O) groups is 1. The van der Waals surface area contributed by atoms with Crippen LogP contribution in [-0.4, -0.2) is 33.0 Å². The predicted molar refractivity (Wildman–Crippen MR) is 136 cm³/mol. The van der Waals surface area contributed by atoms with Crippen LogP contribution in [0.4, 0.5) is 0 Å². The van der Waals surface area contributed by atoms with E-state index in [1.807, 2.05) is 0 Å². The molecular formula is C30H48O4. The summed E-state index contributed by atoms with van der Waals surface area (Å²) in [5, 5.41) is 31.2. The van der Waals surface area contributed by atoms with Crippen molar-refractivity contribution >= 4 is 5.97 Å². The number of aliphatic hydroxyl groups excluding tert-OH is 1. The maximum Gasteiger partial charge on any atom is 0.306 e. The fourth-order valence-corrected chi connectivity index (χ4v) is 8.93. The minimum absolute atomic E-state index is 0.0140. The number of carboxylic acid groups (broad SMARTS) is 1. The maximum atomic E-state index is 12.5. The highest BCUT2D eigenvalue weighted by molar-refractivity contribution is 5.71. The Kier molecular flexibility index (Phi) is 6.26. The summed E-state index contributed by atoms with van der Waals surface area (Å²) in [6.45, 7) is 15.3. The summed E-state index contributed by atoms with van der Waals surface area (Å²) < 4.78 is 0. The highest BCUT2D eigenvalue weighted by Gasteiger charge is 2.63. The number of hydrogen-bond acceptors (Lipinski definition) is 3. The third kappa shape index (κ3) is 3.74. The summed E-state index contributed by atoms with van der Waals surface area (Å²) in [4.78, 5) is 12.5. The van der Waals surface area contributed by atoms with E-state index in [0.29, 0.717) is 18.8 Å². The number of carboxylic acids is 1. The number of allylic oxidation sites excluding steroid dienone is 4. The third-order valence-electron chi connectivity index (χ3n) is 11.4. The average molecular weight is 473 g/mol. The van der Waals surface area contributed by atoms with Gasteiger partial charge in [-0.3, -0.25) is 4.79 Å². The van der Waals surface area contributed by atoms with E-state index < -0.39 is 11.6 Å². The fourth-order valence-electron chi connectivity index (χ4n) is 8.93. The lowest BCUT2D eigenvalue weighted by Gasteiger charge is -2.61. The molecule has 0 spiro atoms. The van der Waals surface area contributed by atoms with Gasteiger partial charge in [0.15, 0.2) is 0 Å². The van der Waals surface area contributed by atoms with Gasteiger partial charge in [-0.25, -0.2) is 0 Å². The Morgan fingerprint density at radius 1 is 1.09 bits per heavy atom. The smallest absolute Gasteiger partial charge is 0.306 e. The molecule has 0 heterocycles. The monoisotopic (exact) mass is 472 g/mol. The molecule has 4 heteroatoms. The van der Waals surface area contributed by atoms with Gasteiger partial charge in [-0.05, 0) is 116 Å². The number of fused-ring (bicyclic) bond motifs is 5. The Morgan fingerprint density at radius 2 is 1.76 bits per heavy atom. The van der Waals surface area contributed by atoms with Crippen molar-refractivity contribution in [3.05, 3.63) is 23.3 Å². The van der Waals surface area contributed by atoms with E-state index in [-0.39, 0.29) is 39.6 Å². The number of aliphatic carboxylic acids is 1. The second kappa shape index (κ2) is 8.20. The molecule has 4 aliphatic carbocycles. The average Bonchev–Trinajstić information content (AvgIpc) is 2.99. The van der Waals surface area contributed by atoms with Crippen LogP contribution in [0.15, 0.2) is 23.3 Å². The molecule has 0 radical (unpaired) electrons. The van der Waals surface area contributed by atoms with Crippen LogP contribution in [0.3, 0.4) is 0 Å². The Balaban J connectivity index is 1.66. The van der Waals surface area contributed by atoms with Gasteiger partial charge in [-0.2, -0.15) is 0 Å². The Hall–Kier alpha value is -1.13. The first kappa shape index (κ1) is 25.9. The molecular weight excluding hydrogens is 424 g/mol. The van der Waals surface area contributed by atoms with Gasteiger partial charge < -0.3 is 15.3 Å². The zero-order chi connectivity index (χ0) is 25.3. The van der Waals surface area contributed by atoms with E-state index in [0.717, 1.165) is 44.9 Å². The van der Waals surface area contributed by atoms with Crippen molar-refractivity contribution in [1.29, 1.82) is 0 Å². The van der Waals surface area contributed by atoms with E-state index in [1.165, 1.54) is 11.1 Å². The molecule has 0 aromatic rings. The van der Waals surface area contributed by atoms with Crippen molar-refractivity contribution in [2.24, 2.45) is 39.4 Å². The van der Waals surface area contributed by atoms with Crippen molar-refractivity contribution in [2.45, 2.75) is 118 Å². The van der Waals surface area contributed by atoms with Crippen molar-refractivity contribution in [2.75, 3.05) is 0 Å². The molecule has 2 unspecified atom stereocenters. The van der Waals surface area contributed by atoms with Crippen LogP contribution in [0.5, 0.6) is 0 Å². The summed E-state index contributed by atoms with van der Waals surface area (Å²) >= 11 is 0. The van der Waals surface area contributed by atoms with Crippen LogP contribution in [-0.2, 0) is 4.79 Å². The van der Waals surface area contributed by atoms with E-state index in [2.05, 4.69) is 46.8 Å². The van der Waals surface area contributed by atoms with Crippen LogP contribution >= 0.6 is 0 Å². The molecule has 2 saturated carbocycles. The molecule has 7 atom stereocenters. The topological polar surface area (TPSA) is 77.8 Å². The summed E-state index contributed by atoms with van der Waals surface area (Å²) in [5.41, 5.74) is 2.11. The minimum Gasteiger partial charge on any atom is -0.481 e. The Bertz CT molecular complexity index is 892.